The Balaban J connectivity index is 2.54. The number of hydrogen-bond acceptors (Lipinski definition) is 4. The SMILES string of the molecule is CCCNC(C)(CO)CN1CC(C)N(C)C(C)C1. The third-order valence-electron chi connectivity index (χ3n) is 4.16. The zero-order valence-corrected chi connectivity index (χ0v) is 12.7. The van der Waals surface area contributed by atoms with E-state index in [4.69, 9.17) is 0 Å². The van der Waals surface area contributed by atoms with Crippen molar-refractivity contribution >= 4 is 0 Å². The number of aliphatic hydroxyl groups is 1. The summed E-state index contributed by atoms with van der Waals surface area (Å²) in [4.78, 5) is 4.92. The molecule has 0 spiro atoms. The number of likely N-dealkylation sites (N-methyl/N-ethyl adjacent to an activating group) is 1. The summed E-state index contributed by atoms with van der Waals surface area (Å²) < 4.78 is 0. The van der Waals surface area contributed by atoms with Gasteiger partial charge in [-0.05, 0) is 40.8 Å². The van der Waals surface area contributed by atoms with E-state index in [2.05, 4.69) is 49.9 Å². The summed E-state index contributed by atoms with van der Waals surface area (Å²) in [5, 5.41) is 13.1. The minimum atomic E-state index is -0.175. The summed E-state index contributed by atoms with van der Waals surface area (Å²) in [6.07, 6.45) is 1.10. The Morgan fingerprint density at radius 3 is 2.28 bits per heavy atom. The largest absolute Gasteiger partial charge is 0.394 e. The van der Waals surface area contributed by atoms with Crippen LogP contribution in [0.2, 0.25) is 0 Å². The molecule has 0 amide bonds. The predicted octanol–water partition coefficient (Wildman–Crippen LogP) is 0.761. The molecule has 0 radical (unpaired) electrons. The summed E-state index contributed by atoms with van der Waals surface area (Å²) >= 11 is 0. The second-order valence-corrected chi connectivity index (χ2v) is 6.20. The quantitative estimate of drug-likeness (QED) is 0.737. The molecule has 0 aromatic heterocycles. The van der Waals surface area contributed by atoms with Crippen molar-refractivity contribution in [2.75, 3.05) is 39.8 Å². The molecule has 3 unspecified atom stereocenters. The first-order valence-electron chi connectivity index (χ1n) is 7.22. The topological polar surface area (TPSA) is 38.7 Å². The van der Waals surface area contributed by atoms with Crippen LogP contribution in [0, 0.1) is 0 Å². The van der Waals surface area contributed by atoms with Gasteiger partial charge in [-0.1, -0.05) is 6.92 Å². The Kier molecular flexibility index (Phi) is 6.05. The lowest BCUT2D eigenvalue weighted by atomic mass is 10.00. The molecule has 1 rings (SSSR count). The fourth-order valence-corrected chi connectivity index (χ4v) is 2.73. The molecule has 1 aliphatic heterocycles. The van der Waals surface area contributed by atoms with Gasteiger partial charge < -0.3 is 10.4 Å². The number of nitrogens with one attached hydrogen (secondary N) is 1. The number of rotatable bonds is 6. The summed E-state index contributed by atoms with van der Waals surface area (Å²) in [5.41, 5.74) is -0.175. The van der Waals surface area contributed by atoms with E-state index >= 15 is 0 Å². The summed E-state index contributed by atoms with van der Waals surface area (Å²) in [7, 11) is 2.20. The molecule has 4 heteroatoms. The lowest BCUT2D eigenvalue weighted by Crippen LogP contribution is -2.61. The van der Waals surface area contributed by atoms with Crippen molar-refractivity contribution in [3.8, 4) is 0 Å². The van der Waals surface area contributed by atoms with Crippen molar-refractivity contribution in [1.82, 2.24) is 15.1 Å². The van der Waals surface area contributed by atoms with E-state index in [1.165, 1.54) is 0 Å². The number of hydrogen-bond donors (Lipinski definition) is 2. The average Bonchev–Trinajstić information content (AvgIpc) is 2.33. The Labute approximate surface area is 112 Å². The van der Waals surface area contributed by atoms with Gasteiger partial charge in [-0.2, -0.15) is 0 Å². The maximum absolute atomic E-state index is 9.63. The second kappa shape index (κ2) is 6.85. The molecule has 1 fully saturated rings. The van der Waals surface area contributed by atoms with E-state index in [-0.39, 0.29) is 12.1 Å². The van der Waals surface area contributed by atoms with E-state index in [1.807, 2.05) is 0 Å². The Bertz CT molecular complexity index is 237. The molecule has 4 nitrogen and oxygen atoms in total. The van der Waals surface area contributed by atoms with Gasteiger partial charge in [0.25, 0.3) is 0 Å². The van der Waals surface area contributed by atoms with E-state index in [1.54, 1.807) is 0 Å². The van der Waals surface area contributed by atoms with Crippen LogP contribution in [0.1, 0.15) is 34.1 Å². The standard InChI is InChI=1S/C14H31N3O/c1-6-7-15-14(4,11-18)10-17-8-12(2)16(5)13(3)9-17/h12-13,15,18H,6-11H2,1-5H3. The lowest BCUT2D eigenvalue weighted by Gasteiger charge is -2.45. The molecular formula is C14H31N3O. The summed E-state index contributed by atoms with van der Waals surface area (Å²) in [6.45, 7) is 13.1. The Morgan fingerprint density at radius 2 is 1.83 bits per heavy atom. The van der Waals surface area contributed by atoms with Crippen molar-refractivity contribution in [3.05, 3.63) is 0 Å². The lowest BCUT2D eigenvalue weighted by molar-refractivity contribution is 0.0322. The Hall–Kier alpha value is -0.160. The van der Waals surface area contributed by atoms with Crippen LogP contribution in [0.5, 0.6) is 0 Å². The summed E-state index contributed by atoms with van der Waals surface area (Å²) in [5.74, 6) is 0. The smallest absolute Gasteiger partial charge is 0.0623 e. The fraction of sp³-hybridized carbons (Fsp3) is 1.00. The van der Waals surface area contributed by atoms with E-state index in [0.29, 0.717) is 12.1 Å². The minimum absolute atomic E-state index is 0.175. The molecule has 1 heterocycles. The first kappa shape index (κ1) is 15.9. The molecule has 1 aliphatic rings. The molecule has 108 valence electrons. The van der Waals surface area contributed by atoms with Crippen molar-refractivity contribution in [2.45, 2.75) is 51.7 Å². The zero-order chi connectivity index (χ0) is 13.8. The van der Waals surface area contributed by atoms with E-state index < -0.39 is 0 Å². The van der Waals surface area contributed by atoms with Crippen LogP contribution in [0.15, 0.2) is 0 Å². The van der Waals surface area contributed by atoms with Crippen molar-refractivity contribution < 1.29 is 5.11 Å². The first-order valence-corrected chi connectivity index (χ1v) is 7.22. The van der Waals surface area contributed by atoms with Crippen LogP contribution in [0.25, 0.3) is 0 Å². The van der Waals surface area contributed by atoms with Crippen molar-refractivity contribution in [2.24, 2.45) is 0 Å². The van der Waals surface area contributed by atoms with Crippen LogP contribution < -0.4 is 5.32 Å². The Morgan fingerprint density at radius 1 is 1.28 bits per heavy atom. The van der Waals surface area contributed by atoms with Gasteiger partial charge in [-0.15, -0.1) is 0 Å². The second-order valence-electron chi connectivity index (χ2n) is 6.20. The third-order valence-corrected chi connectivity index (χ3v) is 4.16. The van der Waals surface area contributed by atoms with Gasteiger partial charge in [-0.25, -0.2) is 0 Å². The zero-order valence-electron chi connectivity index (χ0n) is 12.7. The molecular weight excluding hydrogens is 226 g/mol. The van der Waals surface area contributed by atoms with Gasteiger partial charge in [0, 0.05) is 31.7 Å². The van der Waals surface area contributed by atoms with Crippen molar-refractivity contribution in [3.63, 3.8) is 0 Å². The highest BCUT2D eigenvalue weighted by Crippen LogP contribution is 2.16. The van der Waals surface area contributed by atoms with Crippen LogP contribution in [-0.2, 0) is 0 Å². The highest BCUT2D eigenvalue weighted by molar-refractivity contribution is 4.90. The monoisotopic (exact) mass is 257 g/mol. The van der Waals surface area contributed by atoms with Gasteiger partial charge in [-0.3, -0.25) is 9.80 Å². The molecule has 3 atom stereocenters. The maximum Gasteiger partial charge on any atom is 0.0623 e. The molecule has 0 bridgehead atoms. The molecule has 18 heavy (non-hydrogen) atoms. The molecule has 1 saturated heterocycles. The van der Waals surface area contributed by atoms with Crippen LogP contribution in [-0.4, -0.2) is 72.4 Å². The van der Waals surface area contributed by atoms with E-state index in [0.717, 1.165) is 32.6 Å². The molecule has 0 aromatic rings. The number of aliphatic hydroxyl groups excluding tert-OH is 1. The van der Waals surface area contributed by atoms with Crippen LogP contribution in [0.4, 0.5) is 0 Å². The van der Waals surface area contributed by atoms with Gasteiger partial charge >= 0.3 is 0 Å². The van der Waals surface area contributed by atoms with Gasteiger partial charge in [0.15, 0.2) is 0 Å². The maximum atomic E-state index is 9.63. The minimum Gasteiger partial charge on any atom is -0.394 e. The molecule has 2 N–H and O–H groups in total. The first-order chi connectivity index (χ1) is 8.41. The molecule has 0 aliphatic carbocycles. The van der Waals surface area contributed by atoms with E-state index in [9.17, 15) is 5.11 Å². The highest BCUT2D eigenvalue weighted by Gasteiger charge is 2.31. The molecule has 0 saturated carbocycles. The van der Waals surface area contributed by atoms with Crippen LogP contribution >= 0.6 is 0 Å². The van der Waals surface area contributed by atoms with Gasteiger partial charge in [0.1, 0.15) is 0 Å². The normalized spacial score (nSPS) is 30.3. The summed E-state index contributed by atoms with van der Waals surface area (Å²) in [6, 6.07) is 1.17. The third kappa shape index (κ3) is 4.19. The van der Waals surface area contributed by atoms with Gasteiger partial charge in [0.2, 0.25) is 0 Å². The number of piperazine rings is 1. The average molecular weight is 257 g/mol. The number of nitrogens with zero attached hydrogens (tertiary/aromatic N) is 2. The fourth-order valence-electron chi connectivity index (χ4n) is 2.73. The predicted molar refractivity (Wildman–Crippen MR) is 76.9 cm³/mol. The van der Waals surface area contributed by atoms with Crippen molar-refractivity contribution in [1.29, 1.82) is 0 Å². The van der Waals surface area contributed by atoms with Crippen LogP contribution in [0.3, 0.4) is 0 Å². The highest BCUT2D eigenvalue weighted by atomic mass is 16.3. The van der Waals surface area contributed by atoms with Gasteiger partial charge in [0.05, 0.1) is 12.1 Å². The molecule has 0 aromatic carbocycles.